The maximum absolute atomic E-state index is 12.7. The molecule has 1 atom stereocenters. The van der Waals surface area contributed by atoms with Crippen LogP contribution in [0.5, 0.6) is 0 Å². The maximum Gasteiger partial charge on any atom is 0.240 e. The predicted molar refractivity (Wildman–Crippen MR) is 110 cm³/mol. The van der Waals surface area contributed by atoms with Crippen molar-refractivity contribution in [2.45, 2.75) is 34.8 Å². The first-order valence-corrected chi connectivity index (χ1v) is 12.4. The van der Waals surface area contributed by atoms with Gasteiger partial charge in [0.2, 0.25) is 15.9 Å². The summed E-state index contributed by atoms with van der Waals surface area (Å²) in [5.41, 5.74) is 0.826. The largest absolute Gasteiger partial charge is 0.341 e. The summed E-state index contributed by atoms with van der Waals surface area (Å²) in [6.07, 6.45) is 0.348. The average Bonchev–Trinajstić information content (AvgIpc) is 3.20. The van der Waals surface area contributed by atoms with E-state index < -0.39 is 25.1 Å². The van der Waals surface area contributed by atoms with E-state index in [9.17, 15) is 21.6 Å². The van der Waals surface area contributed by atoms with Gasteiger partial charge in [0.1, 0.15) is 0 Å². The Morgan fingerprint density at radius 1 is 1.03 bits per heavy atom. The smallest absolute Gasteiger partial charge is 0.240 e. The predicted octanol–water partition coefficient (Wildman–Crippen LogP) is 1.74. The molecule has 1 amide bonds. The Bertz CT molecular complexity index is 1080. The van der Waals surface area contributed by atoms with Crippen LogP contribution in [0.4, 0.5) is 0 Å². The lowest BCUT2D eigenvalue weighted by atomic mass is 10.2. The molecule has 0 aliphatic carbocycles. The summed E-state index contributed by atoms with van der Waals surface area (Å²) in [6.45, 7) is 2.23. The standard InChI is InChI=1S/C20H24N2O5S2/c1-16-6-5-9-18(14-16)29(26,27)21-12-10-20(23)22-13-11-19(15-22)28(24,25)17-7-3-2-4-8-17/h2-9,14,19,21H,10-13,15H2,1H3. The Morgan fingerprint density at radius 3 is 2.41 bits per heavy atom. The van der Waals surface area contributed by atoms with Crippen molar-refractivity contribution in [2.75, 3.05) is 19.6 Å². The minimum atomic E-state index is -3.69. The van der Waals surface area contributed by atoms with Crippen LogP contribution in [0, 0.1) is 6.92 Å². The van der Waals surface area contributed by atoms with Crippen LogP contribution in [0.2, 0.25) is 0 Å². The van der Waals surface area contributed by atoms with Crippen LogP contribution in [0.3, 0.4) is 0 Å². The molecule has 0 spiro atoms. The van der Waals surface area contributed by atoms with Crippen molar-refractivity contribution in [2.24, 2.45) is 0 Å². The number of aryl methyl sites for hydroxylation is 1. The van der Waals surface area contributed by atoms with Crippen molar-refractivity contribution in [3.8, 4) is 0 Å². The second kappa shape index (κ2) is 8.64. The highest BCUT2D eigenvalue weighted by atomic mass is 32.2. The number of hydrogen-bond acceptors (Lipinski definition) is 5. The van der Waals surface area contributed by atoms with Gasteiger partial charge in [-0.15, -0.1) is 0 Å². The van der Waals surface area contributed by atoms with E-state index in [0.717, 1.165) is 5.56 Å². The third-order valence-corrected chi connectivity index (χ3v) is 8.59. The molecule has 156 valence electrons. The second-order valence-electron chi connectivity index (χ2n) is 7.07. The number of likely N-dealkylation sites (tertiary alicyclic amines) is 1. The zero-order valence-electron chi connectivity index (χ0n) is 16.1. The molecule has 2 aromatic carbocycles. The number of nitrogens with zero attached hydrogens (tertiary/aromatic N) is 1. The molecule has 2 aromatic rings. The molecule has 0 saturated carbocycles. The number of carbonyl (C=O) groups excluding carboxylic acids is 1. The molecule has 1 saturated heterocycles. The lowest BCUT2D eigenvalue weighted by Crippen LogP contribution is -2.34. The van der Waals surface area contributed by atoms with E-state index in [1.165, 1.54) is 11.0 Å². The third kappa shape index (κ3) is 5.04. The van der Waals surface area contributed by atoms with Crippen molar-refractivity contribution in [3.05, 3.63) is 60.2 Å². The van der Waals surface area contributed by atoms with E-state index in [0.29, 0.717) is 13.0 Å². The molecule has 1 fully saturated rings. The molecular formula is C20H24N2O5S2. The summed E-state index contributed by atoms with van der Waals surface area (Å²) in [7, 11) is -7.18. The molecule has 1 unspecified atom stereocenters. The van der Waals surface area contributed by atoms with Gasteiger partial charge >= 0.3 is 0 Å². The fourth-order valence-corrected chi connectivity index (χ4v) is 6.18. The van der Waals surface area contributed by atoms with Gasteiger partial charge in [-0.05, 0) is 43.2 Å². The summed E-state index contributed by atoms with van der Waals surface area (Å²) in [5.74, 6) is -0.261. The average molecular weight is 437 g/mol. The van der Waals surface area contributed by atoms with Crippen molar-refractivity contribution >= 4 is 25.8 Å². The highest BCUT2D eigenvalue weighted by molar-refractivity contribution is 7.92. The number of nitrogens with one attached hydrogen (secondary N) is 1. The summed E-state index contributed by atoms with van der Waals surface area (Å²) >= 11 is 0. The minimum absolute atomic E-state index is 0.0247. The van der Waals surface area contributed by atoms with Gasteiger partial charge in [0.15, 0.2) is 9.84 Å². The molecule has 1 aliphatic rings. The summed E-state index contributed by atoms with van der Waals surface area (Å²) in [6, 6.07) is 14.7. The molecule has 1 heterocycles. The molecule has 0 aromatic heterocycles. The number of hydrogen-bond donors (Lipinski definition) is 1. The zero-order chi connectivity index (χ0) is 21.1. The fourth-order valence-electron chi connectivity index (χ4n) is 3.33. The molecular weight excluding hydrogens is 412 g/mol. The fraction of sp³-hybridized carbons (Fsp3) is 0.350. The highest BCUT2D eigenvalue weighted by Gasteiger charge is 2.35. The van der Waals surface area contributed by atoms with Gasteiger partial charge < -0.3 is 4.90 Å². The first kappa shape index (κ1) is 21.5. The lowest BCUT2D eigenvalue weighted by Gasteiger charge is -2.17. The van der Waals surface area contributed by atoms with E-state index in [4.69, 9.17) is 0 Å². The Morgan fingerprint density at radius 2 is 1.72 bits per heavy atom. The topological polar surface area (TPSA) is 101 Å². The Balaban J connectivity index is 1.55. The third-order valence-electron chi connectivity index (χ3n) is 4.94. The van der Waals surface area contributed by atoms with Crippen molar-refractivity contribution in [1.29, 1.82) is 0 Å². The minimum Gasteiger partial charge on any atom is -0.341 e. The summed E-state index contributed by atoms with van der Waals surface area (Å²) < 4.78 is 52.5. The SMILES string of the molecule is Cc1cccc(S(=O)(=O)NCCC(=O)N2CCC(S(=O)(=O)c3ccccc3)C2)c1. The van der Waals surface area contributed by atoms with E-state index in [-0.39, 0.29) is 35.2 Å². The number of rotatable bonds is 7. The van der Waals surface area contributed by atoms with E-state index >= 15 is 0 Å². The Hall–Kier alpha value is -2.23. The number of amides is 1. The van der Waals surface area contributed by atoms with Crippen LogP contribution in [0.15, 0.2) is 64.4 Å². The second-order valence-corrected chi connectivity index (χ2v) is 11.1. The number of sulfone groups is 1. The van der Waals surface area contributed by atoms with Crippen LogP contribution in [0.25, 0.3) is 0 Å². The van der Waals surface area contributed by atoms with E-state index in [1.807, 2.05) is 0 Å². The summed E-state index contributed by atoms with van der Waals surface area (Å²) in [4.78, 5) is 14.3. The number of benzene rings is 2. The lowest BCUT2D eigenvalue weighted by molar-refractivity contribution is -0.129. The molecule has 29 heavy (non-hydrogen) atoms. The summed E-state index contributed by atoms with van der Waals surface area (Å²) in [5, 5.41) is -0.641. The van der Waals surface area contributed by atoms with E-state index in [2.05, 4.69) is 4.72 Å². The quantitative estimate of drug-likeness (QED) is 0.713. The monoisotopic (exact) mass is 436 g/mol. The van der Waals surface area contributed by atoms with Gasteiger partial charge in [-0.1, -0.05) is 30.3 Å². The molecule has 3 rings (SSSR count). The van der Waals surface area contributed by atoms with Crippen LogP contribution in [0.1, 0.15) is 18.4 Å². The molecule has 1 aliphatic heterocycles. The van der Waals surface area contributed by atoms with Crippen LogP contribution in [-0.4, -0.2) is 52.5 Å². The van der Waals surface area contributed by atoms with Gasteiger partial charge in [0.25, 0.3) is 0 Å². The zero-order valence-corrected chi connectivity index (χ0v) is 17.7. The first-order chi connectivity index (χ1) is 13.7. The Labute approximate surface area is 171 Å². The maximum atomic E-state index is 12.7. The van der Waals surface area contributed by atoms with Crippen LogP contribution < -0.4 is 4.72 Å². The molecule has 0 radical (unpaired) electrons. The molecule has 7 nitrogen and oxygen atoms in total. The van der Waals surface area contributed by atoms with Crippen LogP contribution in [-0.2, 0) is 24.7 Å². The number of carbonyl (C=O) groups is 1. The highest BCUT2D eigenvalue weighted by Crippen LogP contribution is 2.24. The van der Waals surface area contributed by atoms with Gasteiger partial charge in [0.05, 0.1) is 15.0 Å². The van der Waals surface area contributed by atoms with Crippen molar-refractivity contribution < 1.29 is 21.6 Å². The van der Waals surface area contributed by atoms with E-state index in [1.54, 1.807) is 55.5 Å². The normalized spacial score (nSPS) is 17.4. The number of sulfonamides is 1. The molecule has 1 N–H and O–H groups in total. The van der Waals surface area contributed by atoms with Crippen LogP contribution >= 0.6 is 0 Å². The Kier molecular flexibility index (Phi) is 6.40. The van der Waals surface area contributed by atoms with Gasteiger partial charge in [0, 0.05) is 26.1 Å². The van der Waals surface area contributed by atoms with Gasteiger partial charge in [-0.25, -0.2) is 21.6 Å². The molecule has 9 heteroatoms. The molecule has 0 bridgehead atoms. The van der Waals surface area contributed by atoms with Crippen molar-refractivity contribution in [1.82, 2.24) is 9.62 Å². The van der Waals surface area contributed by atoms with Gasteiger partial charge in [-0.2, -0.15) is 0 Å². The first-order valence-electron chi connectivity index (χ1n) is 9.33. The van der Waals surface area contributed by atoms with Crippen molar-refractivity contribution in [3.63, 3.8) is 0 Å². The van der Waals surface area contributed by atoms with Gasteiger partial charge in [-0.3, -0.25) is 4.79 Å².